The first-order valence-electron chi connectivity index (χ1n) is 7.22. The molecule has 0 aromatic rings. The second-order valence-electron chi connectivity index (χ2n) is 5.43. The monoisotopic (exact) mass is 433 g/mol. The van der Waals surface area contributed by atoms with Crippen molar-refractivity contribution in [1.82, 2.24) is 4.90 Å². The SMILES string of the molecule is CCCCCN(C)CCC(O)(P(=O)(O)O)P(=O)(O)O.O=C(O)C(F)(F)F. The minimum absolute atomic E-state index is 0.0174. The zero-order chi connectivity index (χ0) is 21.4. The van der Waals surface area contributed by atoms with Crippen LogP contribution in [0.4, 0.5) is 13.2 Å². The van der Waals surface area contributed by atoms with Gasteiger partial charge in [-0.25, -0.2) is 4.79 Å². The molecule has 0 aliphatic carbocycles. The van der Waals surface area contributed by atoms with E-state index in [1.54, 1.807) is 11.9 Å². The van der Waals surface area contributed by atoms with E-state index in [-0.39, 0.29) is 6.54 Å². The molecule has 0 bridgehead atoms. The number of carbonyl (C=O) groups is 1. The summed E-state index contributed by atoms with van der Waals surface area (Å²) in [5.74, 6) is -2.76. The van der Waals surface area contributed by atoms with Gasteiger partial charge in [-0.1, -0.05) is 19.8 Å². The topological polar surface area (TPSA) is 176 Å². The number of carboxylic acids is 1. The van der Waals surface area contributed by atoms with Crippen molar-refractivity contribution in [2.24, 2.45) is 0 Å². The summed E-state index contributed by atoms with van der Waals surface area (Å²) in [7, 11) is -9.00. The normalized spacial score (nSPS) is 13.3. The van der Waals surface area contributed by atoms with Gasteiger partial charge in [-0.15, -0.1) is 0 Å². The molecule has 0 unspecified atom stereocenters. The highest BCUT2D eigenvalue weighted by Gasteiger charge is 2.58. The van der Waals surface area contributed by atoms with Crippen molar-refractivity contribution >= 4 is 21.2 Å². The maximum atomic E-state index is 11.1. The number of rotatable bonds is 9. The zero-order valence-corrected chi connectivity index (χ0v) is 15.9. The van der Waals surface area contributed by atoms with Crippen LogP contribution in [0.3, 0.4) is 0 Å². The molecule has 0 heterocycles. The summed E-state index contributed by atoms with van der Waals surface area (Å²) >= 11 is 0. The summed E-state index contributed by atoms with van der Waals surface area (Å²) in [5.41, 5.74) is 0. The van der Waals surface area contributed by atoms with E-state index >= 15 is 0 Å². The molecule has 10 nitrogen and oxygen atoms in total. The molecule has 0 saturated carbocycles. The van der Waals surface area contributed by atoms with Crippen molar-refractivity contribution in [3.63, 3.8) is 0 Å². The largest absolute Gasteiger partial charge is 0.490 e. The number of hydrogen-bond donors (Lipinski definition) is 6. The Bertz CT molecular complexity index is 509. The first kappa shape index (κ1) is 27.7. The predicted octanol–water partition coefficient (Wildman–Crippen LogP) is 1.13. The lowest BCUT2D eigenvalue weighted by molar-refractivity contribution is -0.192. The summed E-state index contributed by atoms with van der Waals surface area (Å²) in [6.07, 6.45) is -2.89. The molecule has 0 aliphatic heterocycles. The van der Waals surface area contributed by atoms with Gasteiger partial charge in [-0.3, -0.25) is 9.13 Å². The van der Waals surface area contributed by atoms with Gasteiger partial charge in [0.1, 0.15) is 0 Å². The smallest absolute Gasteiger partial charge is 0.475 e. The number of aliphatic hydroxyl groups is 1. The number of nitrogens with zero attached hydrogens (tertiary/aromatic N) is 1. The van der Waals surface area contributed by atoms with Crippen LogP contribution in [-0.2, 0) is 13.9 Å². The Labute approximate surface area is 148 Å². The first-order chi connectivity index (χ1) is 11.4. The molecule has 26 heavy (non-hydrogen) atoms. The highest BCUT2D eigenvalue weighted by Crippen LogP contribution is 2.68. The summed E-state index contributed by atoms with van der Waals surface area (Å²) in [6, 6.07) is 0. The van der Waals surface area contributed by atoms with Crippen LogP contribution in [0.25, 0.3) is 0 Å². The van der Waals surface area contributed by atoms with E-state index < -0.39 is 38.8 Å². The van der Waals surface area contributed by atoms with Crippen LogP contribution in [0.5, 0.6) is 0 Å². The maximum absolute atomic E-state index is 11.1. The fraction of sp³-hybridized carbons (Fsp3) is 0.909. The number of aliphatic carboxylic acids is 1. The summed E-state index contributed by atoms with van der Waals surface area (Å²) in [4.78, 5) is 46.4. The van der Waals surface area contributed by atoms with Crippen LogP contribution in [0.1, 0.15) is 32.6 Å². The van der Waals surface area contributed by atoms with E-state index in [9.17, 15) is 27.4 Å². The van der Waals surface area contributed by atoms with E-state index in [4.69, 9.17) is 29.5 Å². The fourth-order valence-corrected chi connectivity index (χ4v) is 3.69. The van der Waals surface area contributed by atoms with Crippen molar-refractivity contribution < 1.29 is 56.9 Å². The zero-order valence-electron chi connectivity index (χ0n) is 14.1. The maximum Gasteiger partial charge on any atom is 0.490 e. The lowest BCUT2D eigenvalue weighted by Gasteiger charge is -2.30. The molecule has 0 saturated heterocycles. The van der Waals surface area contributed by atoms with Crippen LogP contribution >= 0.6 is 15.2 Å². The molecule has 0 aromatic heterocycles. The van der Waals surface area contributed by atoms with Crippen molar-refractivity contribution in [3.8, 4) is 0 Å². The number of halogens is 3. The molecule has 0 amide bonds. The van der Waals surface area contributed by atoms with Gasteiger partial charge in [-0.2, -0.15) is 13.2 Å². The highest BCUT2D eigenvalue weighted by atomic mass is 31.2. The van der Waals surface area contributed by atoms with E-state index in [1.165, 1.54) is 0 Å². The summed E-state index contributed by atoms with van der Waals surface area (Å²) in [5, 5.41) is 13.5. The molecule has 0 radical (unpaired) electrons. The number of carboxylic acid groups (broad SMARTS) is 1. The average molecular weight is 433 g/mol. The van der Waals surface area contributed by atoms with Crippen molar-refractivity contribution in [2.45, 2.75) is 43.9 Å². The Morgan fingerprint density at radius 2 is 1.38 bits per heavy atom. The third-order valence-electron chi connectivity index (χ3n) is 3.15. The molecule has 0 rings (SSSR count). The van der Waals surface area contributed by atoms with Crippen molar-refractivity contribution in [1.29, 1.82) is 0 Å². The molecule has 15 heteroatoms. The second-order valence-corrected chi connectivity index (χ2v) is 9.43. The van der Waals surface area contributed by atoms with Crippen LogP contribution in [0, 0.1) is 0 Å². The third-order valence-corrected chi connectivity index (χ3v) is 7.02. The fourth-order valence-electron chi connectivity index (χ4n) is 1.55. The molecular formula is C11H24F3NO9P2. The van der Waals surface area contributed by atoms with Crippen LogP contribution in [0.15, 0.2) is 0 Å². The predicted molar refractivity (Wildman–Crippen MR) is 84.4 cm³/mol. The van der Waals surface area contributed by atoms with Gasteiger partial charge in [-0.05, 0) is 20.0 Å². The molecule has 0 aliphatic rings. The lowest BCUT2D eigenvalue weighted by Crippen LogP contribution is -2.34. The quantitative estimate of drug-likeness (QED) is 0.228. The van der Waals surface area contributed by atoms with Gasteiger partial charge in [0.25, 0.3) is 5.08 Å². The molecule has 0 aromatic carbocycles. The summed E-state index contributed by atoms with van der Waals surface area (Å²) < 4.78 is 53.9. The Balaban J connectivity index is 0. The van der Waals surface area contributed by atoms with E-state index in [2.05, 4.69) is 0 Å². The molecular weight excluding hydrogens is 409 g/mol. The summed E-state index contributed by atoms with van der Waals surface area (Å²) in [6.45, 7) is 2.64. The van der Waals surface area contributed by atoms with Gasteiger partial charge >= 0.3 is 27.3 Å². The molecule has 6 N–H and O–H groups in total. The van der Waals surface area contributed by atoms with Crippen molar-refractivity contribution in [2.75, 3.05) is 20.1 Å². The number of hydrogen-bond acceptors (Lipinski definition) is 5. The highest BCUT2D eigenvalue weighted by molar-refractivity contribution is 7.72. The standard InChI is InChI=1S/C9H23NO7P2.C2HF3O2/c1-3-4-5-7-10(2)8-6-9(11,18(12,13)14)19(15,16)17;3-2(4,5)1(6)7/h11H,3-8H2,1-2H3,(H2,12,13,14)(H2,15,16,17);(H,6,7). The Morgan fingerprint density at radius 3 is 1.65 bits per heavy atom. The Kier molecular flexibility index (Phi) is 11.4. The van der Waals surface area contributed by atoms with E-state index in [0.29, 0.717) is 6.54 Å². The number of alkyl halides is 3. The van der Waals surface area contributed by atoms with Gasteiger partial charge in [0.15, 0.2) is 0 Å². The van der Waals surface area contributed by atoms with Gasteiger partial charge < -0.3 is 34.7 Å². The minimum Gasteiger partial charge on any atom is -0.475 e. The number of unbranched alkanes of at least 4 members (excludes halogenated alkanes) is 2. The second kappa shape index (κ2) is 10.7. The van der Waals surface area contributed by atoms with Gasteiger partial charge in [0, 0.05) is 13.0 Å². The van der Waals surface area contributed by atoms with Crippen LogP contribution in [0.2, 0.25) is 0 Å². The van der Waals surface area contributed by atoms with Gasteiger partial charge in [0.2, 0.25) is 0 Å². The lowest BCUT2D eigenvalue weighted by atomic mass is 10.2. The van der Waals surface area contributed by atoms with Crippen LogP contribution < -0.4 is 0 Å². The molecule has 0 fully saturated rings. The molecule has 0 atom stereocenters. The third kappa shape index (κ3) is 9.98. The van der Waals surface area contributed by atoms with Crippen molar-refractivity contribution in [3.05, 3.63) is 0 Å². The van der Waals surface area contributed by atoms with Crippen LogP contribution in [-0.4, -0.2) is 72.1 Å². The molecule has 158 valence electrons. The minimum atomic E-state index is -5.33. The first-order valence-corrected chi connectivity index (χ1v) is 10.4. The Morgan fingerprint density at radius 1 is 1.00 bits per heavy atom. The van der Waals surface area contributed by atoms with E-state index in [0.717, 1.165) is 19.3 Å². The Hall–Kier alpha value is -0.520. The van der Waals surface area contributed by atoms with Gasteiger partial charge in [0.05, 0.1) is 0 Å². The molecule has 0 spiro atoms. The average Bonchev–Trinajstić information content (AvgIpc) is 2.42. The van der Waals surface area contributed by atoms with E-state index in [1.807, 2.05) is 6.92 Å².